The zero-order valence-electron chi connectivity index (χ0n) is 16.0. The molecule has 0 saturated heterocycles. The third-order valence-corrected chi connectivity index (χ3v) is 2.99. The Morgan fingerprint density at radius 1 is 1.04 bits per heavy atom. The summed E-state index contributed by atoms with van der Waals surface area (Å²) in [5, 5.41) is 2.40. The number of nitrogens with one attached hydrogen (secondary N) is 1. The lowest BCUT2D eigenvalue weighted by Crippen LogP contribution is -2.47. The summed E-state index contributed by atoms with van der Waals surface area (Å²) < 4.78 is 15.1. The van der Waals surface area contributed by atoms with E-state index in [0.717, 1.165) is 0 Å². The smallest absolute Gasteiger partial charge is 0.408 e. The quantitative estimate of drug-likeness (QED) is 0.563. The van der Waals surface area contributed by atoms with E-state index in [2.05, 4.69) is 5.32 Å². The average Bonchev–Trinajstić information content (AvgIpc) is 2.46. The van der Waals surface area contributed by atoms with Crippen molar-refractivity contribution in [1.29, 1.82) is 0 Å². The van der Waals surface area contributed by atoms with Gasteiger partial charge in [0.25, 0.3) is 0 Å². The Labute approximate surface area is 157 Å². The molecule has 2 amide bonds. The molecule has 1 atom stereocenters. The van der Waals surface area contributed by atoms with Gasteiger partial charge in [0.2, 0.25) is 5.91 Å². The summed E-state index contributed by atoms with van der Waals surface area (Å²) in [7, 11) is 0. The predicted molar refractivity (Wildman–Crippen MR) is 95.1 cm³/mol. The lowest BCUT2D eigenvalue weighted by Gasteiger charge is -2.22. The maximum Gasteiger partial charge on any atom is 0.408 e. The van der Waals surface area contributed by atoms with Crippen LogP contribution in [0.15, 0.2) is 18.2 Å². The largest absolute Gasteiger partial charge is 0.444 e. The van der Waals surface area contributed by atoms with Crippen molar-refractivity contribution in [3.05, 3.63) is 23.8 Å². The van der Waals surface area contributed by atoms with Crippen LogP contribution in [0.3, 0.4) is 0 Å². The second-order valence-electron chi connectivity index (χ2n) is 6.77. The summed E-state index contributed by atoms with van der Waals surface area (Å²) in [4.78, 5) is 46.0. The number of ether oxygens (including phenoxy) is 3. The number of rotatable bonds is 6. The highest BCUT2D eigenvalue weighted by atomic mass is 16.6. The van der Waals surface area contributed by atoms with E-state index in [-0.39, 0.29) is 17.9 Å². The fraction of sp³-hybridized carbons (Fsp3) is 0.444. The predicted octanol–water partition coefficient (Wildman–Crippen LogP) is 1.46. The minimum Gasteiger partial charge on any atom is -0.444 e. The number of esters is 2. The number of primary amides is 1. The molecule has 148 valence electrons. The van der Waals surface area contributed by atoms with Crippen LogP contribution in [0.5, 0.6) is 11.5 Å². The van der Waals surface area contributed by atoms with Crippen molar-refractivity contribution in [3.63, 3.8) is 0 Å². The number of alkyl carbamates (subject to hydrolysis) is 1. The van der Waals surface area contributed by atoms with E-state index in [0.29, 0.717) is 5.56 Å². The lowest BCUT2D eigenvalue weighted by molar-refractivity contribution is -0.134. The third kappa shape index (κ3) is 8.21. The van der Waals surface area contributed by atoms with Gasteiger partial charge in [0.1, 0.15) is 11.6 Å². The van der Waals surface area contributed by atoms with Crippen LogP contribution in [0.2, 0.25) is 0 Å². The fourth-order valence-corrected chi connectivity index (χ4v) is 2.06. The molecular weight excluding hydrogens is 356 g/mol. The number of carbonyl (C=O) groups is 4. The highest BCUT2D eigenvalue weighted by molar-refractivity contribution is 5.84. The molecule has 9 nitrogen and oxygen atoms in total. The first-order valence-electron chi connectivity index (χ1n) is 8.16. The van der Waals surface area contributed by atoms with Crippen LogP contribution in [0, 0.1) is 0 Å². The zero-order chi connectivity index (χ0) is 20.8. The van der Waals surface area contributed by atoms with Gasteiger partial charge in [-0.2, -0.15) is 0 Å². The zero-order valence-corrected chi connectivity index (χ0v) is 16.0. The minimum absolute atomic E-state index is 0.00990. The first-order valence-corrected chi connectivity index (χ1v) is 8.16. The maximum absolute atomic E-state index is 11.9. The Hall–Kier alpha value is -3.10. The van der Waals surface area contributed by atoms with Crippen molar-refractivity contribution in [2.45, 2.75) is 52.7 Å². The number of amides is 2. The van der Waals surface area contributed by atoms with Gasteiger partial charge >= 0.3 is 18.0 Å². The molecule has 3 N–H and O–H groups in total. The molecule has 1 unspecified atom stereocenters. The number of benzene rings is 1. The van der Waals surface area contributed by atoms with E-state index in [4.69, 9.17) is 19.9 Å². The molecule has 0 bridgehead atoms. The summed E-state index contributed by atoms with van der Waals surface area (Å²) in [5.41, 5.74) is 5.13. The van der Waals surface area contributed by atoms with Gasteiger partial charge in [0, 0.05) is 20.3 Å². The first kappa shape index (κ1) is 21.9. The molecule has 0 saturated carbocycles. The molecule has 1 aromatic carbocycles. The van der Waals surface area contributed by atoms with Gasteiger partial charge in [-0.15, -0.1) is 0 Å². The molecule has 0 aromatic heterocycles. The van der Waals surface area contributed by atoms with Crippen molar-refractivity contribution in [2.24, 2.45) is 5.73 Å². The molecule has 0 fully saturated rings. The van der Waals surface area contributed by atoms with Crippen molar-refractivity contribution in [2.75, 3.05) is 0 Å². The van der Waals surface area contributed by atoms with Crippen LogP contribution in [-0.2, 0) is 25.5 Å². The molecule has 0 aliphatic heterocycles. The lowest BCUT2D eigenvalue weighted by atomic mass is 10.0. The highest BCUT2D eigenvalue weighted by Gasteiger charge is 2.23. The fourth-order valence-electron chi connectivity index (χ4n) is 2.06. The number of hydrogen-bond donors (Lipinski definition) is 2. The summed E-state index contributed by atoms with van der Waals surface area (Å²) in [5.74, 6) is -1.90. The Morgan fingerprint density at radius 2 is 1.59 bits per heavy atom. The van der Waals surface area contributed by atoms with Gasteiger partial charge < -0.3 is 25.3 Å². The summed E-state index contributed by atoms with van der Waals surface area (Å²) in [6, 6.07) is 3.34. The monoisotopic (exact) mass is 380 g/mol. The molecule has 0 aliphatic carbocycles. The maximum atomic E-state index is 11.9. The molecule has 1 aromatic rings. The second kappa shape index (κ2) is 9.02. The summed E-state index contributed by atoms with van der Waals surface area (Å²) in [6.45, 7) is 7.46. The summed E-state index contributed by atoms with van der Waals surface area (Å²) >= 11 is 0. The van der Waals surface area contributed by atoms with Crippen LogP contribution < -0.4 is 20.5 Å². The Bertz CT molecular complexity index is 738. The van der Waals surface area contributed by atoms with Crippen molar-refractivity contribution >= 4 is 23.9 Å². The third-order valence-electron chi connectivity index (χ3n) is 2.99. The van der Waals surface area contributed by atoms with E-state index in [1.807, 2.05) is 0 Å². The van der Waals surface area contributed by atoms with Gasteiger partial charge in [-0.1, -0.05) is 6.07 Å². The molecular formula is C18H24N2O7. The molecule has 0 heterocycles. The molecule has 27 heavy (non-hydrogen) atoms. The molecule has 1 rings (SSSR count). The molecule has 0 aliphatic rings. The van der Waals surface area contributed by atoms with Gasteiger partial charge in [0.05, 0.1) is 0 Å². The standard InChI is InChI=1S/C18H24N2O7/c1-10(21)25-14-7-6-12(9-15(14)26-11(2)22)8-13(16(19)23)20-17(24)27-18(3,4)5/h6-7,9,13H,8H2,1-5H3,(H2,19,23)(H,20,24). The number of hydrogen-bond acceptors (Lipinski definition) is 7. The van der Waals surface area contributed by atoms with E-state index < -0.39 is 35.6 Å². The van der Waals surface area contributed by atoms with Gasteiger partial charge in [-0.05, 0) is 38.5 Å². The summed E-state index contributed by atoms with van der Waals surface area (Å²) in [6.07, 6.45) is -0.772. The highest BCUT2D eigenvalue weighted by Crippen LogP contribution is 2.29. The number of nitrogens with two attached hydrogens (primary N) is 1. The van der Waals surface area contributed by atoms with Crippen LogP contribution in [-0.4, -0.2) is 35.6 Å². The Balaban J connectivity index is 3.01. The van der Waals surface area contributed by atoms with E-state index in [9.17, 15) is 19.2 Å². The molecule has 0 spiro atoms. The Morgan fingerprint density at radius 3 is 2.07 bits per heavy atom. The van der Waals surface area contributed by atoms with E-state index in [1.165, 1.54) is 26.0 Å². The van der Waals surface area contributed by atoms with Gasteiger partial charge in [-0.25, -0.2) is 4.79 Å². The first-order chi connectivity index (χ1) is 12.4. The van der Waals surface area contributed by atoms with Crippen molar-refractivity contribution in [3.8, 4) is 11.5 Å². The van der Waals surface area contributed by atoms with Gasteiger partial charge in [-0.3, -0.25) is 14.4 Å². The normalized spacial score (nSPS) is 11.9. The van der Waals surface area contributed by atoms with Crippen LogP contribution >= 0.6 is 0 Å². The SMILES string of the molecule is CC(=O)Oc1ccc(CC(NC(=O)OC(C)(C)C)C(N)=O)cc1OC(C)=O. The van der Waals surface area contributed by atoms with Crippen LogP contribution in [0.25, 0.3) is 0 Å². The molecule has 0 radical (unpaired) electrons. The van der Waals surface area contributed by atoms with Crippen molar-refractivity contribution < 1.29 is 33.4 Å². The molecule has 9 heteroatoms. The second-order valence-corrected chi connectivity index (χ2v) is 6.77. The topological polar surface area (TPSA) is 134 Å². The minimum atomic E-state index is -1.05. The van der Waals surface area contributed by atoms with E-state index >= 15 is 0 Å². The number of carbonyl (C=O) groups excluding carboxylic acids is 4. The Kier molecular flexibility index (Phi) is 7.33. The van der Waals surface area contributed by atoms with Crippen molar-refractivity contribution in [1.82, 2.24) is 5.32 Å². The van der Waals surface area contributed by atoms with Crippen LogP contribution in [0.4, 0.5) is 4.79 Å². The van der Waals surface area contributed by atoms with Crippen LogP contribution in [0.1, 0.15) is 40.2 Å². The van der Waals surface area contributed by atoms with E-state index in [1.54, 1.807) is 26.8 Å². The average molecular weight is 380 g/mol. The van der Waals surface area contributed by atoms with Gasteiger partial charge in [0.15, 0.2) is 11.5 Å².